The Morgan fingerprint density at radius 3 is 2.62 bits per heavy atom. The van der Waals surface area contributed by atoms with E-state index in [4.69, 9.17) is 9.84 Å². The number of hydrogen-bond acceptors (Lipinski definition) is 4. The van der Waals surface area contributed by atoms with Crippen LogP contribution in [0.3, 0.4) is 0 Å². The fraction of sp³-hybridized carbons (Fsp3) is 0.500. The van der Waals surface area contributed by atoms with Crippen LogP contribution in [0.25, 0.3) is 5.69 Å². The molecule has 0 aliphatic carbocycles. The maximum absolute atomic E-state index is 12.9. The van der Waals surface area contributed by atoms with Gasteiger partial charge in [-0.05, 0) is 69.9 Å². The van der Waals surface area contributed by atoms with Gasteiger partial charge in [-0.1, -0.05) is 0 Å². The first-order chi connectivity index (χ1) is 13.9. The van der Waals surface area contributed by atoms with Crippen LogP contribution in [0.1, 0.15) is 53.5 Å². The number of carbonyl (C=O) groups is 2. The Labute approximate surface area is 171 Å². The lowest BCUT2D eigenvalue weighted by Gasteiger charge is -2.32. The molecule has 0 radical (unpaired) electrons. The standard InChI is InChI=1S/C22H29N3O4/c1-4-29-19-6-5-13-24(14-19)22(28)17-7-9-18(10-8-17)25-16(3)20(15(2)23-25)11-12-21(26)27/h7-10,19H,4-6,11-14H2,1-3H3,(H,26,27)/t19-/m0/s1. The van der Waals surface area contributed by atoms with Gasteiger partial charge >= 0.3 is 5.97 Å². The first-order valence-electron chi connectivity index (χ1n) is 10.2. The van der Waals surface area contributed by atoms with E-state index in [-0.39, 0.29) is 18.4 Å². The van der Waals surface area contributed by atoms with E-state index in [1.165, 1.54) is 0 Å². The van der Waals surface area contributed by atoms with Crippen LogP contribution in [-0.4, -0.2) is 57.5 Å². The predicted molar refractivity (Wildman–Crippen MR) is 110 cm³/mol. The van der Waals surface area contributed by atoms with Crippen LogP contribution in [-0.2, 0) is 16.0 Å². The Kier molecular flexibility index (Phi) is 6.69. The number of aliphatic carboxylic acids is 1. The van der Waals surface area contributed by atoms with Crippen molar-refractivity contribution in [2.75, 3.05) is 19.7 Å². The summed E-state index contributed by atoms with van der Waals surface area (Å²) in [5, 5.41) is 13.5. The molecule has 0 saturated carbocycles. The molecule has 2 heterocycles. The highest BCUT2D eigenvalue weighted by atomic mass is 16.5. The van der Waals surface area contributed by atoms with Crippen LogP contribution in [0.2, 0.25) is 0 Å². The second kappa shape index (κ2) is 9.22. The number of amides is 1. The number of carbonyl (C=O) groups excluding carboxylic acids is 1. The van der Waals surface area contributed by atoms with Gasteiger partial charge in [-0.25, -0.2) is 4.68 Å². The highest BCUT2D eigenvalue weighted by Gasteiger charge is 2.24. The topological polar surface area (TPSA) is 84.7 Å². The van der Waals surface area contributed by atoms with Crippen LogP contribution in [0.4, 0.5) is 0 Å². The third-order valence-corrected chi connectivity index (χ3v) is 5.46. The molecule has 7 nitrogen and oxygen atoms in total. The Bertz CT molecular complexity index is 871. The minimum absolute atomic E-state index is 0.0245. The highest BCUT2D eigenvalue weighted by Crippen LogP contribution is 2.21. The smallest absolute Gasteiger partial charge is 0.303 e. The molecule has 1 aliphatic heterocycles. The molecule has 1 amide bonds. The molecule has 156 valence electrons. The zero-order valence-corrected chi connectivity index (χ0v) is 17.4. The molecule has 0 bridgehead atoms. The van der Waals surface area contributed by atoms with E-state index in [9.17, 15) is 9.59 Å². The Morgan fingerprint density at radius 1 is 1.24 bits per heavy atom. The van der Waals surface area contributed by atoms with E-state index in [0.29, 0.717) is 25.1 Å². The molecule has 1 N–H and O–H groups in total. The van der Waals surface area contributed by atoms with Crippen LogP contribution < -0.4 is 0 Å². The lowest BCUT2D eigenvalue weighted by atomic mass is 10.1. The summed E-state index contributed by atoms with van der Waals surface area (Å²) >= 11 is 0. The molecule has 2 aromatic rings. The molecule has 0 spiro atoms. The van der Waals surface area contributed by atoms with Crippen molar-refractivity contribution in [3.63, 3.8) is 0 Å². The second-order valence-corrected chi connectivity index (χ2v) is 7.47. The number of likely N-dealkylation sites (tertiary alicyclic amines) is 1. The Balaban J connectivity index is 1.74. The number of rotatable bonds is 7. The summed E-state index contributed by atoms with van der Waals surface area (Å²) in [7, 11) is 0. The monoisotopic (exact) mass is 399 g/mol. The van der Waals surface area contributed by atoms with Crippen molar-refractivity contribution in [3.05, 3.63) is 46.8 Å². The van der Waals surface area contributed by atoms with Crippen molar-refractivity contribution in [3.8, 4) is 5.69 Å². The molecular formula is C22H29N3O4. The zero-order valence-electron chi connectivity index (χ0n) is 17.4. The highest BCUT2D eigenvalue weighted by molar-refractivity contribution is 5.94. The van der Waals surface area contributed by atoms with Gasteiger partial charge in [-0.2, -0.15) is 5.10 Å². The Morgan fingerprint density at radius 2 is 1.97 bits per heavy atom. The lowest BCUT2D eigenvalue weighted by Crippen LogP contribution is -2.43. The summed E-state index contributed by atoms with van der Waals surface area (Å²) in [5.41, 5.74) is 4.23. The van der Waals surface area contributed by atoms with Crippen molar-refractivity contribution in [1.29, 1.82) is 0 Å². The van der Waals surface area contributed by atoms with Crippen molar-refractivity contribution in [1.82, 2.24) is 14.7 Å². The van der Waals surface area contributed by atoms with E-state index in [1.54, 1.807) is 0 Å². The van der Waals surface area contributed by atoms with Gasteiger partial charge in [0.25, 0.3) is 5.91 Å². The molecule has 1 atom stereocenters. The maximum atomic E-state index is 12.9. The number of nitrogens with zero attached hydrogens (tertiary/aromatic N) is 3. The molecule has 29 heavy (non-hydrogen) atoms. The van der Waals surface area contributed by atoms with E-state index in [0.717, 1.165) is 42.0 Å². The Hall–Kier alpha value is -2.67. The summed E-state index contributed by atoms with van der Waals surface area (Å²) in [6, 6.07) is 7.43. The number of piperidine rings is 1. The average molecular weight is 399 g/mol. The van der Waals surface area contributed by atoms with Gasteiger partial charge in [0.1, 0.15) is 0 Å². The average Bonchev–Trinajstić information content (AvgIpc) is 3.00. The molecule has 1 aliphatic rings. The molecular weight excluding hydrogens is 370 g/mol. The number of aromatic nitrogens is 2. The van der Waals surface area contributed by atoms with Crippen LogP contribution in [0, 0.1) is 13.8 Å². The van der Waals surface area contributed by atoms with Crippen molar-refractivity contribution < 1.29 is 19.4 Å². The number of aryl methyl sites for hydroxylation is 1. The van der Waals surface area contributed by atoms with Crippen LogP contribution in [0.15, 0.2) is 24.3 Å². The van der Waals surface area contributed by atoms with Gasteiger partial charge in [0.15, 0.2) is 0 Å². The number of carboxylic acid groups (broad SMARTS) is 1. The summed E-state index contributed by atoms with van der Waals surface area (Å²) < 4.78 is 7.51. The van der Waals surface area contributed by atoms with Gasteiger partial charge in [-0.15, -0.1) is 0 Å². The summed E-state index contributed by atoms with van der Waals surface area (Å²) in [6.45, 7) is 7.87. The van der Waals surface area contributed by atoms with E-state index < -0.39 is 5.97 Å². The minimum Gasteiger partial charge on any atom is -0.481 e. The molecule has 0 unspecified atom stereocenters. The van der Waals surface area contributed by atoms with Gasteiger partial charge < -0.3 is 14.7 Å². The fourth-order valence-corrected chi connectivity index (χ4v) is 3.94. The number of carboxylic acids is 1. The van der Waals surface area contributed by atoms with Gasteiger partial charge in [0, 0.05) is 37.4 Å². The molecule has 1 aromatic carbocycles. The van der Waals surface area contributed by atoms with Crippen molar-refractivity contribution in [2.45, 2.75) is 52.6 Å². The number of ether oxygens (including phenoxy) is 1. The molecule has 7 heteroatoms. The third-order valence-electron chi connectivity index (χ3n) is 5.46. The number of hydrogen-bond donors (Lipinski definition) is 1. The quantitative estimate of drug-likeness (QED) is 0.773. The van der Waals surface area contributed by atoms with Crippen LogP contribution >= 0.6 is 0 Å². The van der Waals surface area contributed by atoms with Gasteiger partial charge in [-0.3, -0.25) is 9.59 Å². The SMILES string of the molecule is CCO[C@H]1CCCN(C(=O)c2ccc(-n3nc(C)c(CCC(=O)O)c3C)cc2)C1. The van der Waals surface area contributed by atoms with E-state index in [1.807, 2.05) is 54.6 Å². The fourth-order valence-electron chi connectivity index (χ4n) is 3.94. The molecule has 1 saturated heterocycles. The summed E-state index contributed by atoms with van der Waals surface area (Å²) in [5.74, 6) is -0.792. The van der Waals surface area contributed by atoms with Crippen molar-refractivity contribution >= 4 is 11.9 Å². The first-order valence-corrected chi connectivity index (χ1v) is 10.2. The van der Waals surface area contributed by atoms with Crippen molar-refractivity contribution in [2.24, 2.45) is 0 Å². The molecule has 1 fully saturated rings. The maximum Gasteiger partial charge on any atom is 0.303 e. The largest absolute Gasteiger partial charge is 0.481 e. The second-order valence-electron chi connectivity index (χ2n) is 7.47. The van der Waals surface area contributed by atoms with E-state index >= 15 is 0 Å². The summed E-state index contributed by atoms with van der Waals surface area (Å²) in [4.78, 5) is 25.6. The number of benzene rings is 1. The van der Waals surface area contributed by atoms with Crippen LogP contribution in [0.5, 0.6) is 0 Å². The third kappa shape index (κ3) is 4.85. The van der Waals surface area contributed by atoms with Gasteiger partial charge in [0.2, 0.25) is 0 Å². The minimum atomic E-state index is -0.816. The zero-order chi connectivity index (χ0) is 21.0. The predicted octanol–water partition coefficient (Wildman–Crippen LogP) is 3.15. The molecule has 1 aromatic heterocycles. The lowest BCUT2D eigenvalue weighted by molar-refractivity contribution is -0.136. The summed E-state index contributed by atoms with van der Waals surface area (Å²) in [6.07, 6.45) is 2.62. The van der Waals surface area contributed by atoms with E-state index in [2.05, 4.69) is 5.10 Å². The van der Waals surface area contributed by atoms with Gasteiger partial charge in [0.05, 0.1) is 17.5 Å². The normalized spacial score (nSPS) is 16.8. The molecule has 3 rings (SSSR count). The first kappa shape index (κ1) is 21.0.